The number of nitrogens with zero attached hydrogens (tertiary/aromatic N) is 1. The second kappa shape index (κ2) is 13.2. The summed E-state index contributed by atoms with van der Waals surface area (Å²) in [6, 6.07) is 11.6. The second-order valence-corrected chi connectivity index (χ2v) is 9.13. The Morgan fingerprint density at radius 1 is 1.14 bits per heavy atom. The highest BCUT2D eigenvalue weighted by Gasteiger charge is 2.21. The topological polar surface area (TPSA) is 181 Å². The summed E-state index contributed by atoms with van der Waals surface area (Å²) < 4.78 is 32.1. The zero-order valence-corrected chi connectivity index (χ0v) is 20.1. The molecule has 1 atom stereocenters. The summed E-state index contributed by atoms with van der Waals surface area (Å²) in [6.45, 7) is 1.16. The fourth-order valence-corrected chi connectivity index (χ4v) is 3.93. The Kier molecular flexibility index (Phi) is 10.3. The molecule has 2 rings (SSSR count). The molecule has 1 unspecified atom stereocenters. The van der Waals surface area contributed by atoms with Gasteiger partial charge in [0.2, 0.25) is 15.9 Å². The van der Waals surface area contributed by atoms with Crippen molar-refractivity contribution in [3.63, 3.8) is 0 Å². The molecule has 0 saturated heterocycles. The number of rotatable bonds is 12. The number of aliphatic imine (C=N–C) groups is 1. The van der Waals surface area contributed by atoms with Gasteiger partial charge in [-0.1, -0.05) is 23.8 Å². The summed E-state index contributed by atoms with van der Waals surface area (Å²) in [4.78, 5) is 40.6. The molecular weight excluding hydrogens is 476 g/mol. The third-order valence-electron chi connectivity index (χ3n) is 4.66. The number of hydrogen-bond acceptors (Lipinski definition) is 8. The zero-order valence-electron chi connectivity index (χ0n) is 19.3. The number of esters is 1. The molecule has 0 heterocycles. The molecule has 0 aliphatic rings. The van der Waals surface area contributed by atoms with Crippen LogP contribution < -0.4 is 26.6 Å². The lowest BCUT2D eigenvalue weighted by Gasteiger charge is -2.19. The van der Waals surface area contributed by atoms with Crippen LogP contribution in [0, 0.1) is 6.92 Å². The number of hydrogen-bond donors (Lipinski definition) is 5. The largest absolute Gasteiger partial charge is 0.469 e. The lowest BCUT2D eigenvalue weighted by Crippen LogP contribution is -2.48. The maximum absolute atomic E-state index is 12.5. The highest BCUT2D eigenvalue weighted by atomic mass is 32.2. The molecule has 2 aromatic carbocycles. The van der Waals surface area contributed by atoms with E-state index < -0.39 is 40.4 Å². The molecule has 13 heteroatoms. The van der Waals surface area contributed by atoms with Gasteiger partial charge in [-0.05, 0) is 37.3 Å². The fraction of sp³-hybridized carbons (Fsp3) is 0.273. The van der Waals surface area contributed by atoms with E-state index in [1.54, 1.807) is 30.3 Å². The zero-order chi connectivity index (χ0) is 25.8. The van der Waals surface area contributed by atoms with Gasteiger partial charge >= 0.3 is 5.97 Å². The highest BCUT2D eigenvalue weighted by molar-refractivity contribution is 7.89. The molecule has 0 saturated carbocycles. The van der Waals surface area contributed by atoms with Crippen molar-refractivity contribution in [1.29, 1.82) is 0 Å². The molecule has 2 aromatic rings. The third-order valence-corrected chi connectivity index (χ3v) is 6.10. The van der Waals surface area contributed by atoms with Gasteiger partial charge in [-0.15, -0.1) is 0 Å². The van der Waals surface area contributed by atoms with Crippen molar-refractivity contribution >= 4 is 39.8 Å². The average molecular weight is 505 g/mol. The Balaban J connectivity index is 1.97. The number of methoxy groups -OCH3 is 1. The number of nitrogens with one attached hydrogen (secondary N) is 4. The van der Waals surface area contributed by atoms with Gasteiger partial charge in [-0.3, -0.25) is 14.4 Å². The average Bonchev–Trinajstić information content (AvgIpc) is 2.85. The van der Waals surface area contributed by atoms with E-state index >= 15 is 0 Å². The van der Waals surface area contributed by atoms with Crippen molar-refractivity contribution in [1.82, 2.24) is 20.8 Å². The molecule has 12 nitrogen and oxygen atoms in total. The lowest BCUT2D eigenvalue weighted by atomic mass is 10.2. The summed E-state index contributed by atoms with van der Waals surface area (Å²) in [6.07, 6.45) is 0.973. The molecule has 35 heavy (non-hydrogen) atoms. The summed E-state index contributed by atoms with van der Waals surface area (Å²) >= 11 is 0. The predicted octanol–water partition coefficient (Wildman–Crippen LogP) is -0.126. The predicted molar refractivity (Wildman–Crippen MR) is 129 cm³/mol. The van der Waals surface area contributed by atoms with E-state index in [0.29, 0.717) is 5.69 Å². The number of ether oxygens (including phenoxy) is 1. The van der Waals surface area contributed by atoms with Gasteiger partial charge in [0.05, 0.1) is 36.7 Å². The Morgan fingerprint density at radius 2 is 1.86 bits per heavy atom. The van der Waals surface area contributed by atoms with Gasteiger partial charge in [-0.2, -0.15) is 0 Å². The van der Waals surface area contributed by atoms with E-state index in [0.717, 1.165) is 5.56 Å². The number of aryl methyl sites for hydroxylation is 1. The van der Waals surface area contributed by atoms with Crippen molar-refractivity contribution in [3.05, 3.63) is 59.7 Å². The van der Waals surface area contributed by atoms with E-state index in [9.17, 15) is 22.8 Å². The molecular formula is C22H28N6O6S. The molecule has 0 spiro atoms. The first-order valence-electron chi connectivity index (χ1n) is 10.4. The lowest BCUT2D eigenvalue weighted by molar-refractivity contribution is -0.141. The van der Waals surface area contributed by atoms with Crippen LogP contribution >= 0.6 is 0 Å². The molecule has 6 N–H and O–H groups in total. The molecule has 188 valence electrons. The van der Waals surface area contributed by atoms with Gasteiger partial charge in [0.15, 0.2) is 0 Å². The Bertz CT molecular complexity index is 1170. The minimum absolute atomic E-state index is 0.0484. The fourth-order valence-electron chi connectivity index (χ4n) is 2.85. The number of carbonyl (C=O) groups excluding carboxylic acids is 3. The standard InChI is InChI=1S/C22H28N6O6S/c1-15-6-8-19(9-7-15)35(32,33)27-12-18(11-21(30)34-2)28-20(29)13-24-22(31)16-4-3-5-17(10-16)25-14-26-23/h3-10,14,18,27H,11-13,23H2,1-2H3,(H,24,31)(H,25,26)(H,28,29). The summed E-state index contributed by atoms with van der Waals surface area (Å²) in [5.41, 5.74) is 3.88. The number of benzene rings is 2. The van der Waals surface area contributed by atoms with E-state index in [-0.39, 0.29) is 23.4 Å². The first-order valence-corrected chi connectivity index (χ1v) is 11.9. The molecule has 0 radical (unpaired) electrons. The summed E-state index contributed by atoms with van der Waals surface area (Å²) in [7, 11) is -2.69. The van der Waals surface area contributed by atoms with Crippen LogP contribution in [0.15, 0.2) is 58.4 Å². The molecule has 0 aliphatic heterocycles. The molecule has 0 aromatic heterocycles. The maximum atomic E-state index is 12.5. The van der Waals surface area contributed by atoms with Crippen molar-refractivity contribution < 1.29 is 27.5 Å². The van der Waals surface area contributed by atoms with Crippen LogP contribution in [0.5, 0.6) is 0 Å². The number of nitrogens with two attached hydrogens (primary N) is 1. The highest BCUT2D eigenvalue weighted by Crippen LogP contribution is 2.13. The van der Waals surface area contributed by atoms with Crippen molar-refractivity contribution in [2.24, 2.45) is 10.8 Å². The first kappa shape index (κ1) is 27.4. The normalized spacial score (nSPS) is 12.1. The van der Waals surface area contributed by atoms with E-state index in [1.807, 2.05) is 6.92 Å². The van der Waals surface area contributed by atoms with Crippen LogP contribution in [-0.2, 0) is 24.3 Å². The van der Waals surface area contributed by atoms with Crippen LogP contribution in [0.4, 0.5) is 5.69 Å². The van der Waals surface area contributed by atoms with Crippen molar-refractivity contribution in [3.8, 4) is 0 Å². The first-order chi connectivity index (χ1) is 16.6. The van der Waals surface area contributed by atoms with E-state index in [1.165, 1.54) is 31.6 Å². The smallest absolute Gasteiger partial charge is 0.307 e. The van der Waals surface area contributed by atoms with Gasteiger partial charge in [-0.25, -0.2) is 24.0 Å². The number of hydrazine groups is 1. The quantitative estimate of drug-likeness (QED) is 0.0871. The minimum Gasteiger partial charge on any atom is -0.469 e. The number of sulfonamides is 1. The second-order valence-electron chi connectivity index (χ2n) is 7.37. The third kappa shape index (κ3) is 9.16. The van der Waals surface area contributed by atoms with Crippen molar-refractivity contribution in [2.75, 3.05) is 20.2 Å². The van der Waals surface area contributed by atoms with E-state index in [4.69, 9.17) is 5.84 Å². The van der Waals surface area contributed by atoms with Gasteiger partial charge < -0.3 is 20.8 Å². The monoisotopic (exact) mass is 504 g/mol. The van der Waals surface area contributed by atoms with Crippen LogP contribution in [0.1, 0.15) is 22.3 Å². The number of amides is 2. The Morgan fingerprint density at radius 3 is 2.51 bits per heavy atom. The van der Waals surface area contributed by atoms with Gasteiger partial charge in [0, 0.05) is 12.1 Å². The number of carbonyl (C=O) groups is 3. The maximum Gasteiger partial charge on any atom is 0.307 e. The van der Waals surface area contributed by atoms with Crippen LogP contribution in [0.3, 0.4) is 0 Å². The minimum atomic E-state index is -3.87. The van der Waals surface area contributed by atoms with Crippen LogP contribution in [-0.4, -0.2) is 58.8 Å². The van der Waals surface area contributed by atoms with Gasteiger partial charge in [0.25, 0.3) is 5.91 Å². The van der Waals surface area contributed by atoms with Crippen LogP contribution in [0.25, 0.3) is 0 Å². The van der Waals surface area contributed by atoms with Crippen LogP contribution in [0.2, 0.25) is 0 Å². The molecule has 2 amide bonds. The van der Waals surface area contributed by atoms with E-state index in [2.05, 4.69) is 30.5 Å². The molecule has 0 fully saturated rings. The Hall–Kier alpha value is -3.81. The van der Waals surface area contributed by atoms with Crippen molar-refractivity contribution in [2.45, 2.75) is 24.3 Å². The molecule has 0 bridgehead atoms. The Labute approximate surface area is 203 Å². The SMILES string of the molecule is COC(=O)CC(CNS(=O)(=O)c1ccc(C)cc1)NC(=O)CNC(=O)c1cccc(N=CNN)c1. The van der Waals surface area contributed by atoms with Gasteiger partial charge in [0.1, 0.15) is 6.34 Å². The molecule has 0 aliphatic carbocycles. The summed E-state index contributed by atoms with van der Waals surface area (Å²) in [5.74, 6) is 3.34. The summed E-state index contributed by atoms with van der Waals surface area (Å²) in [5, 5.41) is 4.99.